The van der Waals surface area contributed by atoms with E-state index >= 15 is 0 Å². The summed E-state index contributed by atoms with van der Waals surface area (Å²) in [4.78, 5) is 4.76. The van der Waals surface area contributed by atoms with Crippen LogP contribution in [0.3, 0.4) is 0 Å². The smallest absolute Gasteiger partial charge is 0.0947 e. The first-order valence-electron chi connectivity index (χ1n) is 6.18. The number of allylic oxidation sites excluding steroid dienone is 2. The van der Waals surface area contributed by atoms with Crippen LogP contribution in [0.4, 0.5) is 5.69 Å². The van der Waals surface area contributed by atoms with Crippen molar-refractivity contribution in [3.8, 4) is 0 Å². The van der Waals surface area contributed by atoms with E-state index in [1.165, 1.54) is 22.6 Å². The molecule has 17 heavy (non-hydrogen) atoms. The molecule has 2 aliphatic heterocycles. The summed E-state index contributed by atoms with van der Waals surface area (Å²) in [6.45, 7) is 5.48. The van der Waals surface area contributed by atoms with Crippen LogP contribution in [0.5, 0.6) is 0 Å². The highest BCUT2D eigenvalue weighted by molar-refractivity contribution is 5.77. The van der Waals surface area contributed by atoms with Gasteiger partial charge < -0.3 is 9.80 Å². The van der Waals surface area contributed by atoms with Gasteiger partial charge in [-0.3, -0.25) is 0 Å². The molecule has 0 unspecified atom stereocenters. The lowest BCUT2D eigenvalue weighted by atomic mass is 10.0. The number of hydrogen-bond donors (Lipinski definition) is 0. The van der Waals surface area contributed by atoms with Crippen molar-refractivity contribution < 1.29 is 0 Å². The SMILES string of the molecule is CC(C)C1=C2C=Cc3ccccc3N2CN1C. The number of anilines is 1. The maximum absolute atomic E-state index is 2.41. The second kappa shape index (κ2) is 3.66. The minimum absolute atomic E-state index is 0.565. The molecule has 2 heteroatoms. The summed E-state index contributed by atoms with van der Waals surface area (Å²) in [6.07, 6.45) is 4.48. The molecule has 0 spiro atoms. The van der Waals surface area contributed by atoms with Crippen molar-refractivity contribution in [2.75, 3.05) is 18.6 Å². The molecule has 1 aromatic carbocycles. The van der Waals surface area contributed by atoms with Gasteiger partial charge in [0.05, 0.1) is 18.1 Å². The van der Waals surface area contributed by atoms with Crippen molar-refractivity contribution >= 4 is 11.8 Å². The largest absolute Gasteiger partial charge is 0.358 e. The summed E-state index contributed by atoms with van der Waals surface area (Å²) in [7, 11) is 2.18. The van der Waals surface area contributed by atoms with E-state index in [0.29, 0.717) is 5.92 Å². The van der Waals surface area contributed by atoms with Crippen molar-refractivity contribution in [1.82, 2.24) is 4.90 Å². The highest BCUT2D eigenvalue weighted by Crippen LogP contribution is 2.38. The maximum Gasteiger partial charge on any atom is 0.0947 e. The zero-order valence-corrected chi connectivity index (χ0v) is 10.6. The number of hydrogen-bond acceptors (Lipinski definition) is 2. The molecule has 2 nitrogen and oxygen atoms in total. The second-order valence-electron chi connectivity index (χ2n) is 5.08. The first-order chi connectivity index (χ1) is 8.18. The van der Waals surface area contributed by atoms with Crippen molar-refractivity contribution in [1.29, 1.82) is 0 Å². The predicted molar refractivity (Wildman–Crippen MR) is 72.4 cm³/mol. The first kappa shape index (κ1) is 10.5. The highest BCUT2D eigenvalue weighted by Gasteiger charge is 2.30. The Balaban J connectivity index is 2.14. The van der Waals surface area contributed by atoms with Gasteiger partial charge in [-0.1, -0.05) is 38.1 Å². The van der Waals surface area contributed by atoms with Crippen molar-refractivity contribution in [2.24, 2.45) is 5.92 Å². The molecule has 0 atom stereocenters. The van der Waals surface area contributed by atoms with Gasteiger partial charge in [0, 0.05) is 12.7 Å². The van der Waals surface area contributed by atoms with Gasteiger partial charge in [-0.05, 0) is 23.6 Å². The molecule has 3 rings (SSSR count). The number of para-hydroxylation sites is 1. The summed E-state index contributed by atoms with van der Waals surface area (Å²) >= 11 is 0. The number of rotatable bonds is 1. The van der Waals surface area contributed by atoms with E-state index < -0.39 is 0 Å². The molecule has 0 saturated heterocycles. The van der Waals surface area contributed by atoms with Gasteiger partial charge >= 0.3 is 0 Å². The van der Waals surface area contributed by atoms with E-state index in [2.05, 4.69) is 67.1 Å². The van der Waals surface area contributed by atoms with Crippen LogP contribution in [0.1, 0.15) is 19.4 Å². The minimum Gasteiger partial charge on any atom is -0.358 e. The van der Waals surface area contributed by atoms with Gasteiger partial charge in [-0.15, -0.1) is 0 Å². The molecular formula is C15H18N2. The Kier molecular flexibility index (Phi) is 2.25. The van der Waals surface area contributed by atoms with E-state index in [1.807, 2.05) is 0 Å². The molecule has 0 saturated carbocycles. The van der Waals surface area contributed by atoms with Gasteiger partial charge in [0.1, 0.15) is 0 Å². The fourth-order valence-corrected chi connectivity index (χ4v) is 2.86. The summed E-state index contributed by atoms with van der Waals surface area (Å²) in [5.41, 5.74) is 5.44. The molecule has 0 bridgehead atoms. The predicted octanol–water partition coefficient (Wildman–Crippen LogP) is 3.29. The van der Waals surface area contributed by atoms with Crippen molar-refractivity contribution in [2.45, 2.75) is 13.8 Å². The molecule has 0 amide bonds. The Morgan fingerprint density at radius 1 is 1.12 bits per heavy atom. The zero-order chi connectivity index (χ0) is 12.0. The molecule has 0 aliphatic carbocycles. The molecule has 2 heterocycles. The normalized spacial score (nSPS) is 17.9. The summed E-state index contributed by atoms with van der Waals surface area (Å²) in [6, 6.07) is 8.59. The summed E-state index contributed by atoms with van der Waals surface area (Å²) in [5, 5.41) is 0. The molecule has 88 valence electrons. The van der Waals surface area contributed by atoms with E-state index in [0.717, 1.165) is 6.67 Å². The monoisotopic (exact) mass is 226 g/mol. The molecule has 0 fully saturated rings. The lowest BCUT2D eigenvalue weighted by Gasteiger charge is -2.25. The molecule has 0 N–H and O–H groups in total. The summed E-state index contributed by atoms with van der Waals surface area (Å²) in [5.74, 6) is 0.565. The van der Waals surface area contributed by atoms with Crippen molar-refractivity contribution in [3.05, 3.63) is 47.3 Å². The fourth-order valence-electron chi connectivity index (χ4n) is 2.86. The van der Waals surface area contributed by atoms with Gasteiger partial charge in [0.15, 0.2) is 0 Å². The average molecular weight is 226 g/mol. The Morgan fingerprint density at radius 2 is 1.88 bits per heavy atom. The summed E-state index contributed by atoms with van der Waals surface area (Å²) < 4.78 is 0. The lowest BCUT2D eigenvalue weighted by Crippen LogP contribution is -2.26. The van der Waals surface area contributed by atoms with E-state index in [9.17, 15) is 0 Å². The van der Waals surface area contributed by atoms with Gasteiger partial charge in [-0.2, -0.15) is 0 Å². The number of nitrogens with zero attached hydrogens (tertiary/aromatic N) is 2. The second-order valence-corrected chi connectivity index (χ2v) is 5.08. The van der Waals surface area contributed by atoms with Crippen LogP contribution >= 0.6 is 0 Å². The third-order valence-corrected chi connectivity index (χ3v) is 3.51. The zero-order valence-electron chi connectivity index (χ0n) is 10.6. The third-order valence-electron chi connectivity index (χ3n) is 3.51. The quantitative estimate of drug-likeness (QED) is 0.725. The minimum atomic E-state index is 0.565. The maximum atomic E-state index is 2.41. The van der Waals surface area contributed by atoms with E-state index in [4.69, 9.17) is 0 Å². The Morgan fingerprint density at radius 3 is 2.65 bits per heavy atom. The van der Waals surface area contributed by atoms with Crippen LogP contribution in [-0.2, 0) is 0 Å². The van der Waals surface area contributed by atoms with Gasteiger partial charge in [0.25, 0.3) is 0 Å². The highest BCUT2D eigenvalue weighted by atomic mass is 15.4. The van der Waals surface area contributed by atoms with Crippen molar-refractivity contribution in [3.63, 3.8) is 0 Å². The van der Waals surface area contributed by atoms with Gasteiger partial charge in [0.2, 0.25) is 0 Å². The Hall–Kier alpha value is -1.70. The van der Waals surface area contributed by atoms with E-state index in [1.54, 1.807) is 0 Å². The lowest BCUT2D eigenvalue weighted by molar-refractivity contribution is 0.412. The molecule has 0 aromatic heterocycles. The third kappa shape index (κ3) is 1.47. The van der Waals surface area contributed by atoms with Crippen LogP contribution in [0, 0.1) is 5.92 Å². The molecule has 1 aromatic rings. The number of benzene rings is 1. The van der Waals surface area contributed by atoms with Crippen LogP contribution in [-0.4, -0.2) is 18.6 Å². The Bertz CT molecular complexity index is 511. The Labute approximate surface area is 103 Å². The van der Waals surface area contributed by atoms with E-state index in [-0.39, 0.29) is 0 Å². The first-order valence-corrected chi connectivity index (χ1v) is 6.18. The van der Waals surface area contributed by atoms with Crippen LogP contribution in [0.25, 0.3) is 6.08 Å². The topological polar surface area (TPSA) is 6.48 Å². The standard InChI is InChI=1S/C15H18N2/c1-11(2)15-14-9-8-12-6-4-5-7-13(12)17(14)10-16(15)3/h4-9,11H,10H2,1-3H3. The van der Waals surface area contributed by atoms with Crippen LogP contribution < -0.4 is 4.90 Å². The molecular weight excluding hydrogens is 208 g/mol. The number of fused-ring (bicyclic) bond motifs is 3. The fraction of sp³-hybridized carbons (Fsp3) is 0.333. The molecule has 2 aliphatic rings. The van der Waals surface area contributed by atoms with Crippen LogP contribution in [0.2, 0.25) is 0 Å². The van der Waals surface area contributed by atoms with Crippen LogP contribution in [0.15, 0.2) is 41.7 Å². The van der Waals surface area contributed by atoms with Gasteiger partial charge in [-0.25, -0.2) is 0 Å². The average Bonchev–Trinajstić information content (AvgIpc) is 2.65. The molecule has 0 radical (unpaired) electrons.